The molecule has 2 amide bonds. The van der Waals surface area contributed by atoms with Crippen molar-refractivity contribution >= 4 is 11.8 Å². The molecule has 1 N–H and O–H groups in total. The van der Waals surface area contributed by atoms with Crippen LogP contribution in [-0.2, 0) is 0 Å². The van der Waals surface area contributed by atoms with Gasteiger partial charge in [0.15, 0.2) is 0 Å². The Morgan fingerprint density at radius 3 is 2.88 bits per heavy atom. The summed E-state index contributed by atoms with van der Waals surface area (Å²) in [6.45, 7) is 0.233. The van der Waals surface area contributed by atoms with Crippen molar-refractivity contribution < 1.29 is 18.3 Å². The lowest BCUT2D eigenvalue weighted by molar-refractivity contribution is -0.0500. The van der Waals surface area contributed by atoms with E-state index in [4.69, 9.17) is 0 Å². The third-order valence-corrected chi connectivity index (χ3v) is 3.75. The molecule has 1 atom stereocenters. The maximum atomic E-state index is 12.3. The lowest BCUT2D eigenvalue weighted by Crippen LogP contribution is -2.33. The Morgan fingerprint density at radius 1 is 1.42 bits per heavy atom. The number of nitrogens with zero attached hydrogens (tertiary/aromatic N) is 4. The van der Waals surface area contributed by atoms with Crippen LogP contribution >= 0.6 is 0 Å². The third-order valence-electron chi connectivity index (χ3n) is 3.75. The molecule has 3 heterocycles. The summed E-state index contributed by atoms with van der Waals surface area (Å²) in [6, 6.07) is 2.62. The predicted octanol–water partition coefficient (Wildman–Crippen LogP) is 2.67. The predicted molar refractivity (Wildman–Crippen MR) is 82.1 cm³/mol. The van der Waals surface area contributed by atoms with E-state index in [1.165, 1.54) is 12.1 Å². The molecular formula is C15H17F2N5O2. The fourth-order valence-corrected chi connectivity index (χ4v) is 2.59. The number of likely N-dealkylation sites (tertiary alicyclic amines) is 1. The summed E-state index contributed by atoms with van der Waals surface area (Å²) < 4.78 is 30.2. The maximum absolute atomic E-state index is 12.3. The number of rotatable bonds is 4. The van der Waals surface area contributed by atoms with Crippen LogP contribution in [-0.4, -0.2) is 45.4 Å². The van der Waals surface area contributed by atoms with Crippen LogP contribution in [0.15, 0.2) is 30.7 Å². The number of aryl methyl sites for hydroxylation is 1. The van der Waals surface area contributed by atoms with E-state index in [2.05, 4.69) is 20.1 Å². The van der Waals surface area contributed by atoms with E-state index in [1.807, 2.05) is 17.8 Å². The van der Waals surface area contributed by atoms with Crippen molar-refractivity contribution in [2.24, 2.45) is 0 Å². The molecule has 0 spiro atoms. The molecule has 1 unspecified atom stereocenters. The lowest BCUT2D eigenvalue weighted by Gasteiger charge is -2.17. The summed E-state index contributed by atoms with van der Waals surface area (Å²) in [5, 5.41) is 6.92. The average Bonchev–Trinajstić information content (AvgIpc) is 3.17. The first-order chi connectivity index (χ1) is 11.5. The molecule has 128 valence electrons. The van der Waals surface area contributed by atoms with E-state index in [-0.39, 0.29) is 23.6 Å². The number of halogens is 2. The van der Waals surface area contributed by atoms with Gasteiger partial charge < -0.3 is 9.64 Å². The standard InChI is InChI=1S/C15H17F2N5O2/c1-10-6-19-22(8-10)11-4-5-21(9-11)15(23)20-13-3-2-12(7-18-13)24-14(16)17/h2-3,6-8,11,14H,4-5,9H2,1H3,(H,18,20,23). The highest BCUT2D eigenvalue weighted by Crippen LogP contribution is 2.22. The summed E-state index contributed by atoms with van der Waals surface area (Å²) in [4.78, 5) is 17.8. The van der Waals surface area contributed by atoms with E-state index in [0.717, 1.165) is 18.2 Å². The average molecular weight is 337 g/mol. The summed E-state index contributed by atoms with van der Waals surface area (Å²) >= 11 is 0. The minimum absolute atomic E-state index is 0.0571. The fourth-order valence-electron chi connectivity index (χ4n) is 2.59. The molecule has 2 aromatic heterocycles. The Balaban J connectivity index is 1.55. The third kappa shape index (κ3) is 3.79. The van der Waals surface area contributed by atoms with Gasteiger partial charge >= 0.3 is 12.6 Å². The molecule has 1 aliphatic rings. The van der Waals surface area contributed by atoms with E-state index in [9.17, 15) is 13.6 Å². The number of aromatic nitrogens is 3. The molecule has 3 rings (SSSR count). The minimum atomic E-state index is -2.90. The number of amides is 2. The first-order valence-electron chi connectivity index (χ1n) is 7.49. The van der Waals surface area contributed by atoms with Crippen molar-refractivity contribution in [2.45, 2.75) is 26.0 Å². The minimum Gasteiger partial charge on any atom is -0.433 e. The van der Waals surface area contributed by atoms with Crippen molar-refractivity contribution in [2.75, 3.05) is 18.4 Å². The molecule has 9 heteroatoms. The van der Waals surface area contributed by atoms with Gasteiger partial charge in [-0.1, -0.05) is 0 Å². The number of urea groups is 1. The molecule has 0 aromatic carbocycles. The maximum Gasteiger partial charge on any atom is 0.387 e. The topological polar surface area (TPSA) is 72.3 Å². The second-order valence-electron chi connectivity index (χ2n) is 5.57. The van der Waals surface area contributed by atoms with Crippen LogP contribution in [0.25, 0.3) is 0 Å². The Labute approximate surface area is 137 Å². The lowest BCUT2D eigenvalue weighted by atomic mass is 10.3. The zero-order chi connectivity index (χ0) is 17.1. The van der Waals surface area contributed by atoms with Gasteiger partial charge in [0.25, 0.3) is 0 Å². The molecule has 0 bridgehead atoms. The number of hydrogen-bond acceptors (Lipinski definition) is 4. The van der Waals surface area contributed by atoms with Gasteiger partial charge in [0, 0.05) is 19.3 Å². The second-order valence-corrected chi connectivity index (χ2v) is 5.57. The monoisotopic (exact) mass is 337 g/mol. The number of hydrogen-bond donors (Lipinski definition) is 1. The largest absolute Gasteiger partial charge is 0.433 e. The Bertz CT molecular complexity index is 704. The van der Waals surface area contributed by atoms with Gasteiger partial charge in [0.1, 0.15) is 11.6 Å². The molecule has 1 saturated heterocycles. The number of carbonyl (C=O) groups is 1. The highest BCUT2D eigenvalue weighted by molar-refractivity contribution is 5.88. The van der Waals surface area contributed by atoms with Gasteiger partial charge in [-0.3, -0.25) is 10.00 Å². The normalized spacial score (nSPS) is 17.3. The molecule has 0 aliphatic carbocycles. The first kappa shape index (κ1) is 16.2. The van der Waals surface area contributed by atoms with Gasteiger partial charge in [-0.05, 0) is 31.0 Å². The molecule has 1 aliphatic heterocycles. The number of anilines is 1. The van der Waals surface area contributed by atoms with Crippen LogP contribution in [0.4, 0.5) is 19.4 Å². The van der Waals surface area contributed by atoms with Gasteiger partial charge in [-0.15, -0.1) is 0 Å². The number of alkyl halides is 2. The second kappa shape index (κ2) is 6.81. The summed E-state index contributed by atoms with van der Waals surface area (Å²) in [5.74, 6) is 0.221. The number of ether oxygens (including phenoxy) is 1. The van der Waals surface area contributed by atoms with E-state index in [0.29, 0.717) is 13.1 Å². The van der Waals surface area contributed by atoms with E-state index >= 15 is 0 Å². The highest BCUT2D eigenvalue weighted by Gasteiger charge is 2.28. The first-order valence-corrected chi connectivity index (χ1v) is 7.49. The zero-order valence-corrected chi connectivity index (χ0v) is 13.0. The van der Waals surface area contributed by atoms with Gasteiger partial charge in [0.05, 0.1) is 18.4 Å². The molecule has 0 saturated carbocycles. The SMILES string of the molecule is Cc1cnn(C2CCN(C(=O)Nc3ccc(OC(F)F)cn3)C2)c1. The van der Waals surface area contributed by atoms with Crippen LogP contribution in [0.5, 0.6) is 5.75 Å². The Hall–Kier alpha value is -2.71. The summed E-state index contributed by atoms with van der Waals surface area (Å²) in [5.41, 5.74) is 1.08. The van der Waals surface area contributed by atoms with Crippen LogP contribution in [0.1, 0.15) is 18.0 Å². The fraction of sp³-hybridized carbons (Fsp3) is 0.400. The van der Waals surface area contributed by atoms with E-state index < -0.39 is 6.61 Å². The molecular weight excluding hydrogens is 320 g/mol. The number of nitrogens with one attached hydrogen (secondary N) is 1. The molecule has 1 fully saturated rings. The molecule has 7 nitrogen and oxygen atoms in total. The summed E-state index contributed by atoms with van der Waals surface area (Å²) in [7, 11) is 0. The highest BCUT2D eigenvalue weighted by atomic mass is 19.3. The van der Waals surface area contributed by atoms with Crippen molar-refractivity contribution in [3.63, 3.8) is 0 Å². The zero-order valence-electron chi connectivity index (χ0n) is 13.0. The van der Waals surface area contributed by atoms with Crippen LogP contribution < -0.4 is 10.1 Å². The van der Waals surface area contributed by atoms with Crippen molar-refractivity contribution in [3.05, 3.63) is 36.3 Å². The van der Waals surface area contributed by atoms with Crippen molar-refractivity contribution in [1.29, 1.82) is 0 Å². The van der Waals surface area contributed by atoms with Crippen LogP contribution in [0.3, 0.4) is 0 Å². The number of carbonyl (C=O) groups excluding carboxylic acids is 1. The van der Waals surface area contributed by atoms with Gasteiger partial charge in [0.2, 0.25) is 0 Å². The Morgan fingerprint density at radius 2 is 2.25 bits per heavy atom. The van der Waals surface area contributed by atoms with Crippen molar-refractivity contribution in [1.82, 2.24) is 19.7 Å². The Kier molecular flexibility index (Phi) is 4.59. The quantitative estimate of drug-likeness (QED) is 0.931. The van der Waals surface area contributed by atoms with Gasteiger partial charge in [-0.25, -0.2) is 9.78 Å². The smallest absolute Gasteiger partial charge is 0.387 e. The van der Waals surface area contributed by atoms with E-state index in [1.54, 1.807) is 11.1 Å². The van der Waals surface area contributed by atoms with Gasteiger partial charge in [-0.2, -0.15) is 13.9 Å². The summed E-state index contributed by atoms with van der Waals surface area (Å²) in [6.07, 6.45) is 5.70. The molecule has 2 aromatic rings. The molecule has 24 heavy (non-hydrogen) atoms. The van der Waals surface area contributed by atoms with Crippen LogP contribution in [0, 0.1) is 6.92 Å². The van der Waals surface area contributed by atoms with Crippen molar-refractivity contribution in [3.8, 4) is 5.75 Å². The number of pyridine rings is 1. The van der Waals surface area contributed by atoms with Crippen LogP contribution in [0.2, 0.25) is 0 Å². The molecule has 0 radical (unpaired) electrons.